The molecule has 0 saturated heterocycles. The van der Waals surface area contributed by atoms with Gasteiger partial charge in [0.1, 0.15) is 19.3 Å². The summed E-state index contributed by atoms with van der Waals surface area (Å²) in [4.78, 5) is 73.3. The lowest BCUT2D eigenvalue weighted by atomic mass is 9.99. The van der Waals surface area contributed by atoms with E-state index in [1.54, 1.807) is 0 Å². The molecular formula is C87H170O17P2. The Morgan fingerprint density at radius 2 is 0.481 bits per heavy atom. The standard InChI is InChI=1S/C87H170O17P2/c1-7-10-12-14-16-18-20-22-23-24-28-35-41-47-53-59-65-71-86(91)103-82(75-97-84(89)69-63-57-51-45-39-21-19-17-15-13-11-8-2)77-101-105(93,94)99-73-81(88)74-100-106(95,96)102-78-83(76-98-85(90)70-64-58-52-46-40-34-31-30-33-38-44-50-56-62-68-80(6)9-3)104-87(92)72-66-60-54-48-42-36-29-26-25-27-32-37-43-49-55-61-67-79(4)5/h79-83,88H,7-78H2,1-6H3,(H,93,94)(H,95,96)/t80?,81-,82+,83+/m0/s1. The quantitative estimate of drug-likeness (QED) is 0.0222. The van der Waals surface area contributed by atoms with Crippen molar-refractivity contribution in [2.24, 2.45) is 11.8 Å². The van der Waals surface area contributed by atoms with Crippen molar-refractivity contribution in [2.75, 3.05) is 39.6 Å². The van der Waals surface area contributed by atoms with Crippen LogP contribution in [0.1, 0.15) is 465 Å². The van der Waals surface area contributed by atoms with Crippen LogP contribution in [-0.2, 0) is 65.4 Å². The van der Waals surface area contributed by atoms with Crippen molar-refractivity contribution in [3.8, 4) is 0 Å². The first-order valence-electron chi connectivity index (χ1n) is 45.0. The molecule has 19 heteroatoms. The second-order valence-corrected chi connectivity index (χ2v) is 34.9. The first-order valence-corrected chi connectivity index (χ1v) is 48.0. The van der Waals surface area contributed by atoms with Crippen LogP contribution >= 0.6 is 15.6 Å². The first kappa shape index (κ1) is 104. The van der Waals surface area contributed by atoms with Crippen molar-refractivity contribution in [1.82, 2.24) is 0 Å². The number of phosphoric acid groups is 2. The zero-order valence-corrected chi connectivity index (χ0v) is 71.5. The average molecular weight is 1550 g/mol. The predicted molar refractivity (Wildman–Crippen MR) is 437 cm³/mol. The van der Waals surface area contributed by atoms with Crippen LogP contribution in [0.3, 0.4) is 0 Å². The van der Waals surface area contributed by atoms with Crippen molar-refractivity contribution in [3.05, 3.63) is 0 Å². The first-order chi connectivity index (χ1) is 51.4. The molecule has 3 unspecified atom stereocenters. The Hall–Kier alpha value is -1.94. The summed E-state index contributed by atoms with van der Waals surface area (Å²) in [5.41, 5.74) is 0. The molecule has 0 spiro atoms. The highest BCUT2D eigenvalue weighted by Gasteiger charge is 2.30. The number of unbranched alkanes of at least 4 members (excludes halogenated alkanes) is 55. The number of hydrogen-bond donors (Lipinski definition) is 3. The maximum Gasteiger partial charge on any atom is 0.472 e. The molecule has 106 heavy (non-hydrogen) atoms. The van der Waals surface area contributed by atoms with Gasteiger partial charge in [-0.3, -0.25) is 37.3 Å². The molecule has 0 radical (unpaired) electrons. The van der Waals surface area contributed by atoms with Gasteiger partial charge in [-0.2, -0.15) is 0 Å². The Bertz CT molecular complexity index is 2030. The van der Waals surface area contributed by atoms with Crippen LogP contribution in [0, 0.1) is 11.8 Å². The third-order valence-electron chi connectivity index (χ3n) is 20.8. The van der Waals surface area contributed by atoms with Gasteiger partial charge in [0.05, 0.1) is 26.4 Å². The minimum atomic E-state index is -4.97. The molecule has 0 bridgehead atoms. The van der Waals surface area contributed by atoms with E-state index in [2.05, 4.69) is 41.5 Å². The molecule has 0 aliphatic heterocycles. The molecular weight excluding hydrogens is 1380 g/mol. The molecule has 17 nitrogen and oxygen atoms in total. The fourth-order valence-electron chi connectivity index (χ4n) is 13.6. The summed E-state index contributed by atoms with van der Waals surface area (Å²) in [7, 11) is -9.93. The number of rotatable bonds is 86. The zero-order valence-electron chi connectivity index (χ0n) is 69.7. The summed E-state index contributed by atoms with van der Waals surface area (Å²) in [6.07, 6.45) is 70.6. The van der Waals surface area contributed by atoms with Gasteiger partial charge in [0, 0.05) is 25.7 Å². The minimum absolute atomic E-state index is 0.109. The Labute approximate surface area is 651 Å². The second-order valence-electron chi connectivity index (χ2n) is 32.0. The SMILES string of the molecule is CCCCCCCCCCCCCCCCCCCC(=O)O[C@H](COC(=O)CCCCCCCCCCCCCC)COP(=O)(O)OC[C@H](O)COP(=O)(O)OC[C@@H](COC(=O)CCCCCCCCCCCCCCCCC(C)CC)OC(=O)CCCCCCCCCCCCCCCCCCC(C)C. The molecule has 0 aliphatic carbocycles. The molecule has 0 aromatic carbocycles. The van der Waals surface area contributed by atoms with Gasteiger partial charge in [0.15, 0.2) is 12.2 Å². The smallest absolute Gasteiger partial charge is 0.462 e. The Morgan fingerprint density at radius 3 is 0.717 bits per heavy atom. The fraction of sp³-hybridized carbons (Fsp3) is 0.954. The summed E-state index contributed by atoms with van der Waals surface area (Å²) in [6, 6.07) is 0. The highest BCUT2D eigenvalue weighted by molar-refractivity contribution is 7.47. The van der Waals surface area contributed by atoms with E-state index in [-0.39, 0.29) is 25.7 Å². The molecule has 0 aromatic rings. The molecule has 0 rings (SSSR count). The average Bonchev–Trinajstić information content (AvgIpc) is 0.901. The van der Waals surface area contributed by atoms with Crippen LogP contribution < -0.4 is 0 Å². The molecule has 0 heterocycles. The fourth-order valence-corrected chi connectivity index (χ4v) is 15.1. The highest BCUT2D eigenvalue weighted by atomic mass is 31.2. The number of aliphatic hydroxyl groups excluding tert-OH is 1. The van der Waals surface area contributed by atoms with E-state index >= 15 is 0 Å². The van der Waals surface area contributed by atoms with Gasteiger partial charge in [-0.15, -0.1) is 0 Å². The zero-order chi connectivity index (χ0) is 77.8. The number of esters is 4. The van der Waals surface area contributed by atoms with Crippen LogP contribution in [0.4, 0.5) is 0 Å². The van der Waals surface area contributed by atoms with E-state index in [1.165, 1.54) is 283 Å². The Balaban J connectivity index is 5.26. The highest BCUT2D eigenvalue weighted by Crippen LogP contribution is 2.45. The number of phosphoric ester groups is 2. The summed E-state index contributed by atoms with van der Waals surface area (Å²) >= 11 is 0. The number of carbonyl (C=O) groups excluding carboxylic acids is 4. The van der Waals surface area contributed by atoms with Crippen LogP contribution in [-0.4, -0.2) is 96.7 Å². The predicted octanol–water partition coefficient (Wildman–Crippen LogP) is 26.6. The van der Waals surface area contributed by atoms with E-state index in [0.717, 1.165) is 102 Å². The number of carbonyl (C=O) groups is 4. The molecule has 0 aromatic heterocycles. The third-order valence-corrected chi connectivity index (χ3v) is 22.7. The van der Waals surface area contributed by atoms with Gasteiger partial charge in [-0.25, -0.2) is 9.13 Å². The number of aliphatic hydroxyl groups is 1. The number of ether oxygens (including phenoxy) is 4. The van der Waals surface area contributed by atoms with Gasteiger partial charge in [-0.1, -0.05) is 414 Å². The molecule has 6 atom stereocenters. The van der Waals surface area contributed by atoms with E-state index in [4.69, 9.17) is 37.0 Å². The molecule has 3 N–H and O–H groups in total. The number of hydrogen-bond acceptors (Lipinski definition) is 15. The Kier molecular flexibility index (Phi) is 76.9. The molecule has 0 aliphatic rings. The lowest BCUT2D eigenvalue weighted by Crippen LogP contribution is -2.30. The summed E-state index contributed by atoms with van der Waals surface area (Å²) in [5, 5.41) is 10.7. The van der Waals surface area contributed by atoms with E-state index < -0.39 is 97.5 Å². The minimum Gasteiger partial charge on any atom is -0.462 e. The van der Waals surface area contributed by atoms with Crippen LogP contribution in [0.2, 0.25) is 0 Å². The van der Waals surface area contributed by atoms with Gasteiger partial charge in [0.2, 0.25) is 0 Å². The van der Waals surface area contributed by atoms with Crippen LogP contribution in [0.25, 0.3) is 0 Å². The lowest BCUT2D eigenvalue weighted by molar-refractivity contribution is -0.161. The third kappa shape index (κ3) is 78.7. The summed E-state index contributed by atoms with van der Waals surface area (Å²) in [5.74, 6) is -0.439. The van der Waals surface area contributed by atoms with Gasteiger partial charge >= 0.3 is 39.5 Å². The van der Waals surface area contributed by atoms with Gasteiger partial charge in [0.25, 0.3) is 0 Å². The van der Waals surface area contributed by atoms with Crippen molar-refractivity contribution in [3.63, 3.8) is 0 Å². The normalized spacial score (nSPS) is 14.1. The van der Waals surface area contributed by atoms with Crippen molar-refractivity contribution in [1.29, 1.82) is 0 Å². The topological polar surface area (TPSA) is 237 Å². The van der Waals surface area contributed by atoms with Crippen molar-refractivity contribution >= 4 is 39.5 Å². The maximum absolute atomic E-state index is 13.2. The second kappa shape index (κ2) is 78.3. The molecule has 0 amide bonds. The van der Waals surface area contributed by atoms with E-state index in [9.17, 15) is 43.2 Å². The monoisotopic (exact) mass is 1550 g/mol. The largest absolute Gasteiger partial charge is 0.472 e. The van der Waals surface area contributed by atoms with Gasteiger partial charge in [-0.05, 0) is 37.5 Å². The van der Waals surface area contributed by atoms with Crippen LogP contribution in [0.5, 0.6) is 0 Å². The maximum atomic E-state index is 13.2. The summed E-state index contributed by atoms with van der Waals surface area (Å²) < 4.78 is 69.0. The molecule has 0 fully saturated rings. The molecule has 630 valence electrons. The summed E-state index contributed by atoms with van der Waals surface area (Å²) in [6.45, 7) is 9.77. The van der Waals surface area contributed by atoms with Gasteiger partial charge < -0.3 is 33.8 Å². The van der Waals surface area contributed by atoms with Crippen molar-refractivity contribution < 1.29 is 80.2 Å². The lowest BCUT2D eigenvalue weighted by Gasteiger charge is -2.21. The van der Waals surface area contributed by atoms with E-state index in [0.29, 0.717) is 25.7 Å². The van der Waals surface area contributed by atoms with Crippen molar-refractivity contribution in [2.45, 2.75) is 484 Å². The van der Waals surface area contributed by atoms with E-state index in [1.807, 2.05) is 0 Å². The Morgan fingerprint density at radius 1 is 0.274 bits per heavy atom. The molecule has 0 saturated carbocycles. The van der Waals surface area contributed by atoms with Crippen LogP contribution in [0.15, 0.2) is 0 Å².